The Balaban J connectivity index is 1.86. The molecule has 0 N–H and O–H groups in total. The highest BCUT2D eigenvalue weighted by molar-refractivity contribution is 5.98. The fourth-order valence-electron chi connectivity index (χ4n) is 1.72. The van der Waals surface area contributed by atoms with Crippen molar-refractivity contribution in [2.75, 3.05) is 6.54 Å². The third-order valence-corrected chi connectivity index (χ3v) is 2.74. The molecule has 1 atom stereocenters. The quantitative estimate of drug-likeness (QED) is 0.471. The maximum Gasteiger partial charge on any atom is 0.330 e. The molecular weight excluding hydrogens is 242 g/mol. The Labute approximate surface area is 112 Å². The highest BCUT2D eigenvalue weighted by Crippen LogP contribution is 2.20. The fourth-order valence-corrected chi connectivity index (χ4v) is 1.72. The molecule has 1 aliphatic heterocycles. The van der Waals surface area contributed by atoms with Crippen LogP contribution in [0.1, 0.15) is 19.4 Å². The number of esters is 1. The molecule has 1 aliphatic rings. The molecule has 4 heteroatoms. The van der Waals surface area contributed by atoms with Gasteiger partial charge < -0.3 is 9.64 Å². The van der Waals surface area contributed by atoms with E-state index in [1.165, 1.54) is 11.0 Å². The van der Waals surface area contributed by atoms with E-state index in [4.69, 9.17) is 4.74 Å². The molecule has 1 aromatic carbocycles. The Morgan fingerprint density at radius 2 is 2.00 bits per heavy atom. The Morgan fingerprint density at radius 1 is 1.32 bits per heavy atom. The molecule has 1 amide bonds. The summed E-state index contributed by atoms with van der Waals surface area (Å²) in [7, 11) is 0. The minimum Gasteiger partial charge on any atom is -0.461 e. The van der Waals surface area contributed by atoms with Gasteiger partial charge in [-0.1, -0.05) is 30.3 Å². The van der Waals surface area contributed by atoms with Gasteiger partial charge >= 0.3 is 5.97 Å². The van der Waals surface area contributed by atoms with Crippen LogP contribution in [0.15, 0.2) is 36.4 Å². The molecule has 1 saturated heterocycles. The van der Waals surface area contributed by atoms with Gasteiger partial charge in [-0.25, -0.2) is 4.79 Å². The van der Waals surface area contributed by atoms with Crippen LogP contribution >= 0.6 is 0 Å². The van der Waals surface area contributed by atoms with Crippen molar-refractivity contribution >= 4 is 18.0 Å². The third kappa shape index (κ3) is 3.68. The van der Waals surface area contributed by atoms with Crippen molar-refractivity contribution in [1.29, 1.82) is 0 Å². The standard InChI is InChI=1S/C15H17NO3/c1-11(2)19-15(18)13-10-16(13)14(17)9-8-12-6-4-3-5-7-12/h3-9,11,13H,10H2,1-2H3/b9-8+. The van der Waals surface area contributed by atoms with Crippen LogP contribution in [-0.4, -0.2) is 35.5 Å². The van der Waals surface area contributed by atoms with Crippen LogP contribution in [0.4, 0.5) is 0 Å². The number of hydrogen-bond acceptors (Lipinski definition) is 3. The number of carbonyl (C=O) groups excluding carboxylic acids is 2. The topological polar surface area (TPSA) is 46.4 Å². The SMILES string of the molecule is CC(C)OC(=O)C1CN1C(=O)/C=C/c1ccccc1. The molecule has 1 fully saturated rings. The van der Waals surface area contributed by atoms with Crippen LogP contribution in [0.25, 0.3) is 6.08 Å². The van der Waals surface area contributed by atoms with Gasteiger partial charge in [0, 0.05) is 6.08 Å². The summed E-state index contributed by atoms with van der Waals surface area (Å²) in [6.45, 7) is 4.03. The lowest BCUT2D eigenvalue weighted by atomic mass is 10.2. The van der Waals surface area contributed by atoms with Crippen molar-refractivity contribution in [2.24, 2.45) is 0 Å². The molecule has 1 aromatic rings. The lowest BCUT2D eigenvalue weighted by Crippen LogP contribution is -2.22. The summed E-state index contributed by atoms with van der Waals surface area (Å²) in [5.74, 6) is -0.481. The predicted octanol–water partition coefficient (Wildman–Crippen LogP) is 1.86. The summed E-state index contributed by atoms with van der Waals surface area (Å²) in [6.07, 6.45) is 3.08. The van der Waals surface area contributed by atoms with E-state index in [2.05, 4.69) is 0 Å². The largest absolute Gasteiger partial charge is 0.461 e. The molecule has 19 heavy (non-hydrogen) atoms. The number of carbonyl (C=O) groups is 2. The Hall–Kier alpha value is -2.10. The second-order valence-electron chi connectivity index (χ2n) is 4.74. The average Bonchev–Trinajstić information content (AvgIpc) is 3.17. The summed E-state index contributed by atoms with van der Waals surface area (Å²) in [5, 5.41) is 0. The van der Waals surface area contributed by atoms with E-state index in [9.17, 15) is 9.59 Å². The molecule has 0 spiro atoms. The van der Waals surface area contributed by atoms with Crippen LogP contribution in [0, 0.1) is 0 Å². The van der Waals surface area contributed by atoms with E-state index in [0.29, 0.717) is 6.54 Å². The average molecular weight is 259 g/mol. The second-order valence-corrected chi connectivity index (χ2v) is 4.74. The smallest absolute Gasteiger partial charge is 0.330 e. The Morgan fingerprint density at radius 3 is 2.63 bits per heavy atom. The molecule has 2 rings (SSSR count). The lowest BCUT2D eigenvalue weighted by molar-refractivity contribution is -0.148. The number of benzene rings is 1. The Bertz CT molecular complexity index is 493. The summed E-state index contributed by atoms with van der Waals surface area (Å²) in [4.78, 5) is 24.9. The van der Waals surface area contributed by atoms with Gasteiger partial charge in [-0.2, -0.15) is 0 Å². The van der Waals surface area contributed by atoms with Crippen LogP contribution in [0.2, 0.25) is 0 Å². The zero-order chi connectivity index (χ0) is 13.8. The first-order chi connectivity index (χ1) is 9.08. The van der Waals surface area contributed by atoms with Gasteiger partial charge in [-0.3, -0.25) is 4.79 Å². The monoisotopic (exact) mass is 259 g/mol. The summed E-state index contributed by atoms with van der Waals surface area (Å²) >= 11 is 0. The third-order valence-electron chi connectivity index (χ3n) is 2.74. The molecule has 4 nitrogen and oxygen atoms in total. The molecule has 0 saturated carbocycles. The van der Waals surface area contributed by atoms with Crippen LogP contribution in [0.3, 0.4) is 0 Å². The first-order valence-corrected chi connectivity index (χ1v) is 6.32. The van der Waals surface area contributed by atoms with Crippen molar-refractivity contribution in [2.45, 2.75) is 26.0 Å². The molecule has 0 bridgehead atoms. The van der Waals surface area contributed by atoms with Crippen LogP contribution in [-0.2, 0) is 14.3 Å². The number of amides is 1. The zero-order valence-electron chi connectivity index (χ0n) is 11.1. The van der Waals surface area contributed by atoms with Gasteiger partial charge in [-0.15, -0.1) is 0 Å². The van der Waals surface area contributed by atoms with Crippen molar-refractivity contribution < 1.29 is 14.3 Å². The minimum absolute atomic E-state index is 0.148. The minimum atomic E-state index is -0.407. The molecular formula is C15H17NO3. The van der Waals surface area contributed by atoms with E-state index in [0.717, 1.165) is 5.56 Å². The van der Waals surface area contributed by atoms with Crippen LogP contribution in [0.5, 0.6) is 0 Å². The molecule has 100 valence electrons. The summed E-state index contributed by atoms with van der Waals surface area (Å²) in [5.41, 5.74) is 0.957. The van der Waals surface area contributed by atoms with E-state index < -0.39 is 6.04 Å². The number of rotatable bonds is 4. The van der Waals surface area contributed by atoms with Gasteiger partial charge in [0.1, 0.15) is 6.04 Å². The summed E-state index contributed by atoms with van der Waals surface area (Å²) < 4.78 is 5.06. The lowest BCUT2D eigenvalue weighted by Gasteiger charge is -2.06. The van der Waals surface area contributed by atoms with E-state index in [1.54, 1.807) is 19.9 Å². The number of ether oxygens (including phenoxy) is 1. The van der Waals surface area contributed by atoms with Gasteiger partial charge in [0.15, 0.2) is 0 Å². The van der Waals surface area contributed by atoms with Gasteiger partial charge in [-0.05, 0) is 25.5 Å². The maximum atomic E-state index is 11.8. The van der Waals surface area contributed by atoms with Gasteiger partial charge in [0.2, 0.25) is 5.91 Å². The molecule has 1 unspecified atom stereocenters. The van der Waals surface area contributed by atoms with E-state index in [1.807, 2.05) is 30.3 Å². The zero-order valence-corrected chi connectivity index (χ0v) is 11.1. The second kappa shape index (κ2) is 5.69. The fraction of sp³-hybridized carbons (Fsp3) is 0.333. The van der Waals surface area contributed by atoms with Crippen LogP contribution < -0.4 is 0 Å². The van der Waals surface area contributed by atoms with Crippen molar-refractivity contribution in [3.63, 3.8) is 0 Å². The Kier molecular flexibility index (Phi) is 4.00. The number of nitrogens with zero attached hydrogens (tertiary/aromatic N) is 1. The molecule has 0 radical (unpaired) electrons. The van der Waals surface area contributed by atoms with Gasteiger partial charge in [0.25, 0.3) is 0 Å². The summed E-state index contributed by atoms with van der Waals surface area (Å²) in [6, 6.07) is 9.15. The maximum absolute atomic E-state index is 11.8. The first-order valence-electron chi connectivity index (χ1n) is 6.32. The van der Waals surface area contributed by atoms with Crippen molar-refractivity contribution in [3.8, 4) is 0 Å². The molecule has 0 aromatic heterocycles. The first kappa shape index (κ1) is 13.3. The normalized spacial score (nSPS) is 17.8. The van der Waals surface area contributed by atoms with Crippen molar-refractivity contribution in [1.82, 2.24) is 4.90 Å². The van der Waals surface area contributed by atoms with E-state index >= 15 is 0 Å². The van der Waals surface area contributed by atoms with E-state index in [-0.39, 0.29) is 18.0 Å². The van der Waals surface area contributed by atoms with Crippen molar-refractivity contribution in [3.05, 3.63) is 42.0 Å². The number of hydrogen-bond donors (Lipinski definition) is 0. The highest BCUT2D eigenvalue weighted by Gasteiger charge is 2.44. The molecule has 0 aliphatic carbocycles. The molecule has 1 heterocycles. The van der Waals surface area contributed by atoms with Gasteiger partial charge in [0.05, 0.1) is 12.6 Å². The predicted molar refractivity (Wildman–Crippen MR) is 72.2 cm³/mol. The highest BCUT2D eigenvalue weighted by atomic mass is 16.5.